The minimum atomic E-state index is -0.858. The number of carbonyl (C=O) groups excluding carboxylic acids is 1. The minimum absolute atomic E-state index is 0.0127. The summed E-state index contributed by atoms with van der Waals surface area (Å²) in [4.78, 5) is 16.1. The molecule has 0 fully saturated rings. The molecule has 1 aromatic heterocycles. The summed E-state index contributed by atoms with van der Waals surface area (Å²) in [6.07, 6.45) is 0.833. The van der Waals surface area contributed by atoms with E-state index in [-0.39, 0.29) is 25.4 Å². The molecule has 9 heteroatoms. The van der Waals surface area contributed by atoms with E-state index in [1.165, 1.54) is 12.7 Å². The van der Waals surface area contributed by atoms with Crippen LogP contribution < -0.4 is 0 Å². The second kappa shape index (κ2) is 12.6. The molecule has 0 saturated heterocycles. The van der Waals surface area contributed by atoms with Crippen LogP contribution in [0.1, 0.15) is 50.2 Å². The predicted molar refractivity (Wildman–Crippen MR) is 134 cm³/mol. The molecule has 1 heterocycles. The highest BCUT2D eigenvalue weighted by molar-refractivity contribution is 6.33. The number of hydrogen-bond donors (Lipinski definition) is 0. The summed E-state index contributed by atoms with van der Waals surface area (Å²) in [7, 11) is 3.19. The van der Waals surface area contributed by atoms with Gasteiger partial charge in [0, 0.05) is 32.5 Å². The number of ether oxygens (including phenoxy) is 4. The number of aromatic nitrogens is 2. The molecule has 0 spiro atoms. The molecule has 2 aromatic rings. The summed E-state index contributed by atoms with van der Waals surface area (Å²) < 4.78 is 22.6. The number of nitrogens with zero attached hydrogens (tertiary/aromatic N) is 3. The Labute approximate surface area is 206 Å². The fourth-order valence-corrected chi connectivity index (χ4v) is 3.43. The Morgan fingerprint density at radius 3 is 2.38 bits per heavy atom. The molecule has 0 radical (unpaired) electrons. The van der Waals surface area contributed by atoms with Gasteiger partial charge in [-0.15, -0.1) is 0 Å². The van der Waals surface area contributed by atoms with Gasteiger partial charge in [0.1, 0.15) is 12.3 Å². The van der Waals surface area contributed by atoms with Crippen LogP contribution in [-0.4, -0.2) is 56.3 Å². The zero-order valence-corrected chi connectivity index (χ0v) is 21.7. The lowest BCUT2D eigenvalue weighted by atomic mass is 9.86. The zero-order valence-electron chi connectivity index (χ0n) is 21.0. The predicted octanol–water partition coefficient (Wildman–Crippen LogP) is 5.50. The van der Waals surface area contributed by atoms with E-state index in [4.69, 9.17) is 30.5 Å². The molecule has 0 bridgehead atoms. The molecule has 0 aliphatic rings. The summed E-state index contributed by atoms with van der Waals surface area (Å²) >= 11 is 6.64. The Morgan fingerprint density at radius 2 is 1.82 bits per heavy atom. The molecule has 1 aromatic carbocycles. The summed E-state index contributed by atoms with van der Waals surface area (Å²) in [5, 5.41) is 4.96. The van der Waals surface area contributed by atoms with Crippen molar-refractivity contribution in [2.45, 2.75) is 46.6 Å². The van der Waals surface area contributed by atoms with E-state index in [0.717, 1.165) is 5.56 Å². The Morgan fingerprint density at radius 1 is 1.15 bits per heavy atom. The van der Waals surface area contributed by atoms with Gasteiger partial charge >= 0.3 is 6.16 Å². The Bertz CT molecular complexity index is 1020. The Balaban J connectivity index is 2.51. The highest BCUT2D eigenvalue weighted by Gasteiger charge is 2.23. The first kappa shape index (κ1) is 27.4. The fraction of sp³-hybridized carbons (Fsp3) is 0.480. The number of halogens is 1. The van der Waals surface area contributed by atoms with E-state index in [1.54, 1.807) is 17.9 Å². The number of benzene rings is 1. The topological polar surface area (TPSA) is 84.2 Å². The molecule has 34 heavy (non-hydrogen) atoms. The van der Waals surface area contributed by atoms with Gasteiger partial charge in [0.15, 0.2) is 5.76 Å². The van der Waals surface area contributed by atoms with Gasteiger partial charge in [-0.1, -0.05) is 56.6 Å². The van der Waals surface area contributed by atoms with Gasteiger partial charge in [0.25, 0.3) is 0 Å². The summed E-state index contributed by atoms with van der Waals surface area (Å²) in [6, 6.07) is 8.16. The van der Waals surface area contributed by atoms with Crippen molar-refractivity contribution >= 4 is 35.3 Å². The Hall–Kier alpha value is -2.84. The molecule has 0 N–H and O–H groups in total. The normalized spacial score (nSPS) is 12.6. The molecule has 0 aliphatic carbocycles. The second-order valence-electron chi connectivity index (χ2n) is 8.52. The van der Waals surface area contributed by atoms with E-state index in [1.807, 2.05) is 26.0 Å². The van der Waals surface area contributed by atoms with Crippen LogP contribution >= 0.6 is 11.6 Å². The molecular weight excluding hydrogens is 458 g/mol. The van der Waals surface area contributed by atoms with Crippen LogP contribution in [0.25, 0.3) is 11.3 Å². The third kappa shape index (κ3) is 7.08. The van der Waals surface area contributed by atoms with Crippen LogP contribution in [0.15, 0.2) is 29.3 Å². The van der Waals surface area contributed by atoms with E-state index >= 15 is 0 Å². The highest BCUT2D eigenvalue weighted by atomic mass is 35.5. The van der Waals surface area contributed by atoms with Crippen LogP contribution in [0.5, 0.6) is 0 Å². The van der Waals surface area contributed by atoms with Crippen molar-refractivity contribution in [1.29, 1.82) is 0 Å². The maximum absolute atomic E-state index is 11.9. The monoisotopic (exact) mass is 491 g/mol. The molecule has 0 amide bonds. The minimum Gasteiger partial charge on any atom is -0.454 e. The summed E-state index contributed by atoms with van der Waals surface area (Å²) in [5.41, 5.74) is 3.99. The number of carbonyl (C=O) groups is 1. The standard InChI is InChI=1S/C25H34ClN3O5/c1-8-29-22(21(26)17(2)28-29)23(33-16-34-24(30)32-14-13-31-7)20(15-27-6)18-9-11-19(12-10-18)25(3,4)5/h9-12,15H,8,13-14,16H2,1-7H3/b23-20-,27-15?. The number of allylic oxidation sites excluding steroid dienone is 1. The maximum atomic E-state index is 11.9. The van der Waals surface area contributed by atoms with Crippen molar-refractivity contribution in [2.24, 2.45) is 4.99 Å². The van der Waals surface area contributed by atoms with Gasteiger partial charge in [-0.05, 0) is 30.4 Å². The highest BCUT2D eigenvalue weighted by Crippen LogP contribution is 2.34. The maximum Gasteiger partial charge on any atom is 0.511 e. The van der Waals surface area contributed by atoms with Crippen LogP contribution in [0.3, 0.4) is 0 Å². The summed E-state index contributed by atoms with van der Waals surface area (Å²) in [6.45, 7) is 10.8. The van der Waals surface area contributed by atoms with Crippen molar-refractivity contribution < 1.29 is 23.7 Å². The molecule has 8 nitrogen and oxygen atoms in total. The lowest BCUT2D eigenvalue weighted by Crippen LogP contribution is -2.15. The van der Waals surface area contributed by atoms with Crippen LogP contribution in [0.2, 0.25) is 5.02 Å². The van der Waals surface area contributed by atoms with Crippen molar-refractivity contribution in [1.82, 2.24) is 9.78 Å². The molecule has 186 valence electrons. The number of aliphatic imine (C=N–C) groups is 1. The second-order valence-corrected chi connectivity index (χ2v) is 8.90. The smallest absolute Gasteiger partial charge is 0.454 e. The van der Waals surface area contributed by atoms with Gasteiger partial charge < -0.3 is 18.9 Å². The number of methoxy groups -OCH3 is 1. The van der Waals surface area contributed by atoms with Crippen LogP contribution in [0.4, 0.5) is 4.79 Å². The molecule has 0 unspecified atom stereocenters. The third-order valence-electron chi connectivity index (χ3n) is 5.02. The van der Waals surface area contributed by atoms with E-state index in [9.17, 15) is 4.79 Å². The number of aryl methyl sites for hydroxylation is 2. The third-order valence-corrected chi connectivity index (χ3v) is 5.47. The van der Waals surface area contributed by atoms with Crippen molar-refractivity contribution in [3.63, 3.8) is 0 Å². The van der Waals surface area contributed by atoms with Gasteiger partial charge in [-0.25, -0.2) is 4.79 Å². The molecule has 0 atom stereocenters. The number of hydrogen-bond acceptors (Lipinski definition) is 7. The summed E-state index contributed by atoms with van der Waals surface area (Å²) in [5.74, 6) is 0.395. The van der Waals surface area contributed by atoms with Gasteiger partial charge in [0.05, 0.1) is 17.3 Å². The van der Waals surface area contributed by atoms with E-state index in [0.29, 0.717) is 34.3 Å². The molecular formula is C25H34ClN3O5. The molecule has 0 saturated carbocycles. The lowest BCUT2D eigenvalue weighted by Gasteiger charge is -2.20. The zero-order chi connectivity index (χ0) is 25.3. The van der Waals surface area contributed by atoms with Crippen LogP contribution in [0, 0.1) is 6.92 Å². The van der Waals surface area contributed by atoms with Crippen molar-refractivity contribution in [2.75, 3.05) is 34.2 Å². The first-order chi connectivity index (χ1) is 16.1. The largest absolute Gasteiger partial charge is 0.511 e. The SMILES string of the molecule is CCn1nc(C)c(Cl)c1/C(OCOC(=O)OCCOC)=C(\C=NC)c1ccc(C(C)(C)C)cc1. The van der Waals surface area contributed by atoms with E-state index in [2.05, 4.69) is 43.0 Å². The quantitative estimate of drug-likeness (QED) is 0.143. The average Bonchev–Trinajstić information content (AvgIpc) is 3.08. The van der Waals surface area contributed by atoms with Crippen molar-refractivity contribution in [3.05, 3.63) is 51.8 Å². The average molecular weight is 492 g/mol. The number of rotatable bonds is 10. The fourth-order valence-electron chi connectivity index (χ4n) is 3.21. The van der Waals surface area contributed by atoms with Gasteiger partial charge in [-0.2, -0.15) is 5.10 Å². The molecule has 2 rings (SSSR count). The first-order valence-electron chi connectivity index (χ1n) is 11.1. The van der Waals surface area contributed by atoms with E-state index < -0.39 is 6.16 Å². The van der Waals surface area contributed by atoms with Gasteiger partial charge in [0.2, 0.25) is 6.79 Å². The first-order valence-corrected chi connectivity index (χ1v) is 11.4. The Kier molecular flexibility index (Phi) is 10.1. The lowest BCUT2D eigenvalue weighted by molar-refractivity contribution is -0.0130. The van der Waals surface area contributed by atoms with Gasteiger partial charge in [-0.3, -0.25) is 9.67 Å². The molecule has 0 aliphatic heterocycles. The van der Waals surface area contributed by atoms with Crippen LogP contribution in [-0.2, 0) is 30.9 Å². The van der Waals surface area contributed by atoms with Crippen molar-refractivity contribution in [3.8, 4) is 0 Å².